The zero-order valence-electron chi connectivity index (χ0n) is 21.1. The number of aliphatic hydroxyl groups excluding tert-OH is 1. The van der Waals surface area contributed by atoms with Crippen LogP contribution in [0.5, 0.6) is 5.88 Å². The first kappa shape index (κ1) is 24.7. The summed E-state index contributed by atoms with van der Waals surface area (Å²) in [6, 6.07) is 7.19. The Morgan fingerprint density at radius 3 is 2.83 bits per heavy atom. The van der Waals surface area contributed by atoms with E-state index in [0.29, 0.717) is 43.1 Å². The van der Waals surface area contributed by atoms with E-state index in [9.17, 15) is 14.3 Å². The monoisotopic (exact) mass is 494 g/mol. The van der Waals surface area contributed by atoms with Crippen molar-refractivity contribution >= 4 is 16.8 Å². The van der Waals surface area contributed by atoms with E-state index in [1.165, 1.54) is 12.5 Å². The van der Waals surface area contributed by atoms with Gasteiger partial charge >= 0.3 is 0 Å². The number of pyridine rings is 1. The van der Waals surface area contributed by atoms with Gasteiger partial charge in [-0.1, -0.05) is 31.4 Å². The van der Waals surface area contributed by atoms with Crippen molar-refractivity contribution in [2.75, 3.05) is 33.4 Å². The number of hydrogen-bond acceptors (Lipinski definition) is 5. The first-order chi connectivity index (χ1) is 17.5. The molecule has 3 heterocycles. The third kappa shape index (κ3) is 4.60. The fourth-order valence-electron chi connectivity index (χ4n) is 5.83. The highest BCUT2D eigenvalue weighted by molar-refractivity contribution is 6.08. The Kier molecular flexibility index (Phi) is 7.25. The van der Waals surface area contributed by atoms with Crippen molar-refractivity contribution in [3.63, 3.8) is 0 Å². The van der Waals surface area contributed by atoms with Crippen molar-refractivity contribution in [2.45, 2.75) is 57.5 Å². The van der Waals surface area contributed by atoms with Crippen LogP contribution in [0.25, 0.3) is 10.9 Å². The minimum Gasteiger partial charge on any atom is -0.481 e. The van der Waals surface area contributed by atoms with Gasteiger partial charge in [-0.2, -0.15) is 0 Å². The van der Waals surface area contributed by atoms with Crippen LogP contribution in [-0.2, 0) is 6.42 Å². The highest BCUT2D eigenvalue weighted by Gasteiger charge is 2.32. The largest absolute Gasteiger partial charge is 0.481 e. The number of ether oxygens (including phenoxy) is 1. The molecule has 1 aromatic carbocycles. The van der Waals surface area contributed by atoms with Crippen LogP contribution >= 0.6 is 0 Å². The summed E-state index contributed by atoms with van der Waals surface area (Å²) >= 11 is 0. The lowest BCUT2D eigenvalue weighted by molar-refractivity contribution is 0.0672. The van der Waals surface area contributed by atoms with Crippen LogP contribution in [0.3, 0.4) is 0 Å². The highest BCUT2D eigenvalue weighted by atomic mass is 19.1. The zero-order chi connectivity index (χ0) is 25.2. The minimum atomic E-state index is -0.239. The molecule has 2 fully saturated rings. The third-order valence-corrected chi connectivity index (χ3v) is 7.83. The van der Waals surface area contributed by atoms with E-state index in [1.54, 1.807) is 26.3 Å². The summed E-state index contributed by atoms with van der Waals surface area (Å²) in [5.74, 6) is 0.203. The summed E-state index contributed by atoms with van der Waals surface area (Å²) in [6.07, 6.45) is 7.78. The van der Waals surface area contributed by atoms with Gasteiger partial charge in [-0.05, 0) is 37.0 Å². The standard InChI is InChI=1S/C28H35FN4O3/c1-18-19(7-6-10-23(18)29)13-25-27(28(35)32-12-11-30-20(16-32)17-34)22-15-31-26(36-2)14-24(22)33(25)21-8-4-3-5-9-21/h6-7,10,14-15,20-21,30,34H,3-5,8-9,11-13,16-17H2,1-2H3/t20-/m1/s1. The van der Waals surface area contributed by atoms with Crippen LogP contribution in [0.4, 0.5) is 4.39 Å². The van der Waals surface area contributed by atoms with Crippen LogP contribution < -0.4 is 10.1 Å². The van der Waals surface area contributed by atoms with E-state index in [2.05, 4.69) is 14.9 Å². The molecule has 1 saturated heterocycles. The number of aliphatic hydroxyl groups is 1. The molecule has 1 aliphatic heterocycles. The van der Waals surface area contributed by atoms with Gasteiger partial charge in [-0.3, -0.25) is 4.79 Å². The van der Waals surface area contributed by atoms with Crippen molar-refractivity contribution in [3.8, 4) is 5.88 Å². The fraction of sp³-hybridized carbons (Fsp3) is 0.500. The number of piperazine rings is 1. The molecule has 3 aromatic rings. The molecule has 36 heavy (non-hydrogen) atoms. The van der Waals surface area contributed by atoms with Gasteiger partial charge in [0.2, 0.25) is 5.88 Å². The summed E-state index contributed by atoms with van der Waals surface area (Å²) < 4.78 is 22.3. The number of aromatic nitrogens is 2. The molecule has 0 unspecified atom stereocenters. The SMILES string of the molecule is COc1cc2c(cn1)c(C(=O)N1CCN[C@@H](CO)C1)c(Cc1cccc(F)c1C)n2C1CCCCC1. The van der Waals surface area contributed by atoms with Gasteiger partial charge in [0.1, 0.15) is 5.82 Å². The average Bonchev–Trinajstić information content (AvgIpc) is 3.24. The molecular formula is C28H35FN4O3. The molecular weight excluding hydrogens is 459 g/mol. The molecule has 1 aliphatic carbocycles. The second-order valence-electron chi connectivity index (χ2n) is 10.0. The number of halogens is 1. The maximum absolute atomic E-state index is 14.5. The van der Waals surface area contributed by atoms with Crippen molar-refractivity contribution in [3.05, 3.63) is 58.7 Å². The van der Waals surface area contributed by atoms with Gasteiger partial charge in [-0.25, -0.2) is 9.37 Å². The van der Waals surface area contributed by atoms with Gasteiger partial charge < -0.3 is 24.6 Å². The average molecular weight is 495 g/mol. The molecule has 2 aromatic heterocycles. The van der Waals surface area contributed by atoms with Crippen LogP contribution in [0.1, 0.15) is 65.3 Å². The fourth-order valence-corrected chi connectivity index (χ4v) is 5.83. The summed E-state index contributed by atoms with van der Waals surface area (Å²) in [7, 11) is 1.60. The van der Waals surface area contributed by atoms with E-state index in [0.717, 1.165) is 47.8 Å². The summed E-state index contributed by atoms with van der Waals surface area (Å²) in [5, 5.41) is 13.8. The molecule has 2 aliphatic rings. The van der Waals surface area contributed by atoms with E-state index >= 15 is 0 Å². The van der Waals surface area contributed by atoms with E-state index < -0.39 is 0 Å². The Labute approximate surface area is 211 Å². The Bertz CT molecular complexity index is 1250. The quantitative estimate of drug-likeness (QED) is 0.542. The summed E-state index contributed by atoms with van der Waals surface area (Å²) in [4.78, 5) is 20.4. The third-order valence-electron chi connectivity index (χ3n) is 7.83. The number of hydrogen-bond donors (Lipinski definition) is 2. The molecule has 1 amide bonds. The Hall–Kier alpha value is -2.97. The van der Waals surface area contributed by atoms with Gasteiger partial charge in [0.05, 0.1) is 24.8 Å². The number of carbonyl (C=O) groups excluding carboxylic acids is 1. The van der Waals surface area contributed by atoms with Gasteiger partial charge in [0, 0.05) is 61.5 Å². The lowest BCUT2D eigenvalue weighted by atomic mass is 9.94. The molecule has 0 spiro atoms. The number of nitrogens with zero attached hydrogens (tertiary/aromatic N) is 3. The van der Waals surface area contributed by atoms with Crippen LogP contribution in [0, 0.1) is 12.7 Å². The number of rotatable bonds is 6. The molecule has 0 bridgehead atoms. The highest BCUT2D eigenvalue weighted by Crippen LogP contribution is 2.39. The topological polar surface area (TPSA) is 79.6 Å². The predicted octanol–water partition coefficient (Wildman–Crippen LogP) is 3.99. The Morgan fingerprint density at radius 1 is 1.28 bits per heavy atom. The maximum Gasteiger partial charge on any atom is 0.256 e. The molecule has 8 heteroatoms. The molecule has 2 N–H and O–H groups in total. The number of methoxy groups -OCH3 is 1. The van der Waals surface area contributed by atoms with E-state index in [-0.39, 0.29) is 30.4 Å². The molecule has 5 rings (SSSR count). The normalized spacial score (nSPS) is 19.1. The van der Waals surface area contributed by atoms with Crippen molar-refractivity contribution < 1.29 is 19.0 Å². The number of nitrogens with one attached hydrogen (secondary N) is 1. The Morgan fingerprint density at radius 2 is 2.08 bits per heavy atom. The zero-order valence-corrected chi connectivity index (χ0v) is 21.1. The van der Waals surface area contributed by atoms with Crippen LogP contribution in [0.2, 0.25) is 0 Å². The molecule has 1 atom stereocenters. The molecule has 1 saturated carbocycles. The second-order valence-corrected chi connectivity index (χ2v) is 10.0. The molecule has 7 nitrogen and oxygen atoms in total. The van der Waals surface area contributed by atoms with E-state index in [1.807, 2.05) is 17.0 Å². The Balaban J connectivity index is 1.71. The number of carbonyl (C=O) groups is 1. The smallest absolute Gasteiger partial charge is 0.256 e. The van der Waals surface area contributed by atoms with Gasteiger partial charge in [0.15, 0.2) is 0 Å². The summed E-state index contributed by atoms with van der Waals surface area (Å²) in [6.45, 7) is 3.40. The summed E-state index contributed by atoms with van der Waals surface area (Å²) in [5.41, 5.74) is 3.96. The maximum atomic E-state index is 14.5. The van der Waals surface area contributed by atoms with Gasteiger partial charge in [-0.15, -0.1) is 0 Å². The van der Waals surface area contributed by atoms with Crippen LogP contribution in [-0.4, -0.2) is 64.9 Å². The predicted molar refractivity (Wildman–Crippen MR) is 137 cm³/mol. The molecule has 192 valence electrons. The van der Waals surface area contributed by atoms with Crippen molar-refractivity contribution in [1.29, 1.82) is 0 Å². The number of benzene rings is 1. The van der Waals surface area contributed by atoms with Crippen molar-refractivity contribution in [1.82, 2.24) is 19.8 Å². The first-order valence-electron chi connectivity index (χ1n) is 13.0. The lowest BCUT2D eigenvalue weighted by Gasteiger charge is -2.33. The first-order valence-corrected chi connectivity index (χ1v) is 13.0. The lowest BCUT2D eigenvalue weighted by Crippen LogP contribution is -2.54. The number of amides is 1. The second kappa shape index (κ2) is 10.6. The van der Waals surface area contributed by atoms with E-state index in [4.69, 9.17) is 4.74 Å². The van der Waals surface area contributed by atoms with Gasteiger partial charge in [0.25, 0.3) is 5.91 Å². The minimum absolute atomic E-state index is 0.0261. The van der Waals surface area contributed by atoms with Crippen molar-refractivity contribution in [2.24, 2.45) is 0 Å². The van der Waals surface area contributed by atoms with Crippen LogP contribution in [0.15, 0.2) is 30.5 Å². The molecule has 0 radical (unpaired) electrons. The number of fused-ring (bicyclic) bond motifs is 1.